The van der Waals surface area contributed by atoms with Gasteiger partial charge in [-0.1, -0.05) is 0 Å². The zero-order valence-electron chi connectivity index (χ0n) is 11.5. The van der Waals surface area contributed by atoms with Gasteiger partial charge in [0.15, 0.2) is 0 Å². The Bertz CT molecular complexity index is 323. The maximum Gasteiger partial charge on any atom is 0.225 e. The molecule has 19 heavy (non-hydrogen) atoms. The highest BCUT2D eigenvalue weighted by Crippen LogP contribution is 2.39. The van der Waals surface area contributed by atoms with Gasteiger partial charge in [0, 0.05) is 39.4 Å². The number of hydrogen-bond donors (Lipinski definition) is 1. The lowest BCUT2D eigenvalue weighted by atomic mass is 9.80. The number of ether oxygens (including phenoxy) is 2. The fourth-order valence-electron chi connectivity index (χ4n) is 3.44. The predicted octanol–water partition coefficient (Wildman–Crippen LogP) is 0.394. The number of hydrogen-bond acceptors (Lipinski definition) is 4. The molecule has 0 aromatic rings. The number of morpholine rings is 1. The van der Waals surface area contributed by atoms with Crippen molar-refractivity contribution >= 4 is 5.91 Å². The Morgan fingerprint density at radius 1 is 1.26 bits per heavy atom. The van der Waals surface area contributed by atoms with E-state index in [0.717, 1.165) is 65.3 Å². The van der Waals surface area contributed by atoms with E-state index in [1.807, 2.05) is 4.90 Å². The van der Waals surface area contributed by atoms with Gasteiger partial charge in [0.25, 0.3) is 0 Å². The van der Waals surface area contributed by atoms with Gasteiger partial charge in [0.1, 0.15) is 0 Å². The van der Waals surface area contributed by atoms with Crippen LogP contribution in [0.4, 0.5) is 0 Å². The molecule has 0 radical (unpaired) electrons. The van der Waals surface area contributed by atoms with Gasteiger partial charge in [-0.15, -0.1) is 0 Å². The number of likely N-dealkylation sites (tertiary alicyclic amines) is 1. The molecule has 1 unspecified atom stereocenters. The highest BCUT2D eigenvalue weighted by molar-refractivity contribution is 5.77. The molecule has 1 N–H and O–H groups in total. The predicted molar refractivity (Wildman–Crippen MR) is 70.9 cm³/mol. The molecule has 1 atom stereocenters. The standard InChI is InChI=1S/C14H24N2O3/c17-13(9-12-10-15-4-8-19-12)16-5-1-14(11-16)2-6-18-7-3-14/h12,15H,1-11H2. The van der Waals surface area contributed by atoms with E-state index in [-0.39, 0.29) is 12.0 Å². The van der Waals surface area contributed by atoms with Crippen LogP contribution in [0.25, 0.3) is 0 Å². The number of nitrogens with zero attached hydrogens (tertiary/aromatic N) is 1. The molecule has 0 aliphatic carbocycles. The molecule has 0 aromatic heterocycles. The van der Waals surface area contributed by atoms with Crippen LogP contribution < -0.4 is 5.32 Å². The van der Waals surface area contributed by atoms with Crippen LogP contribution in [-0.4, -0.2) is 62.9 Å². The van der Waals surface area contributed by atoms with E-state index in [1.54, 1.807) is 0 Å². The van der Waals surface area contributed by atoms with Crippen LogP contribution >= 0.6 is 0 Å². The summed E-state index contributed by atoms with van der Waals surface area (Å²) in [6, 6.07) is 0. The molecule has 0 aromatic carbocycles. The van der Waals surface area contributed by atoms with Gasteiger partial charge < -0.3 is 19.7 Å². The summed E-state index contributed by atoms with van der Waals surface area (Å²) in [6.07, 6.45) is 3.95. The SMILES string of the molecule is O=C(CC1CNCCO1)N1CCC2(CCOCC2)C1. The molecule has 1 amide bonds. The van der Waals surface area contributed by atoms with Crippen LogP contribution in [0.1, 0.15) is 25.7 Å². The molecule has 3 aliphatic rings. The molecule has 3 fully saturated rings. The summed E-state index contributed by atoms with van der Waals surface area (Å²) < 4.78 is 11.1. The first-order chi connectivity index (χ1) is 9.27. The Labute approximate surface area is 114 Å². The quantitative estimate of drug-likeness (QED) is 0.787. The number of nitrogens with one attached hydrogen (secondary N) is 1. The van der Waals surface area contributed by atoms with Gasteiger partial charge in [-0.25, -0.2) is 0 Å². The summed E-state index contributed by atoms with van der Waals surface area (Å²) in [5.74, 6) is 0.261. The van der Waals surface area contributed by atoms with Gasteiger partial charge in [-0.05, 0) is 24.7 Å². The van der Waals surface area contributed by atoms with Crippen molar-refractivity contribution in [1.29, 1.82) is 0 Å². The van der Waals surface area contributed by atoms with E-state index in [4.69, 9.17) is 9.47 Å². The molecule has 3 aliphatic heterocycles. The Hall–Kier alpha value is -0.650. The molecule has 3 rings (SSSR count). The van der Waals surface area contributed by atoms with E-state index in [9.17, 15) is 4.79 Å². The number of carbonyl (C=O) groups excluding carboxylic acids is 1. The van der Waals surface area contributed by atoms with Gasteiger partial charge in [-0.2, -0.15) is 0 Å². The lowest BCUT2D eigenvalue weighted by Crippen LogP contribution is -2.42. The van der Waals surface area contributed by atoms with E-state index in [0.29, 0.717) is 11.8 Å². The third-order valence-corrected chi connectivity index (χ3v) is 4.75. The van der Waals surface area contributed by atoms with Crippen molar-refractivity contribution in [2.24, 2.45) is 5.41 Å². The number of rotatable bonds is 2. The van der Waals surface area contributed by atoms with Crippen molar-refractivity contribution in [3.05, 3.63) is 0 Å². The Balaban J connectivity index is 1.50. The highest BCUT2D eigenvalue weighted by atomic mass is 16.5. The van der Waals surface area contributed by atoms with Gasteiger partial charge in [0.05, 0.1) is 19.1 Å². The topological polar surface area (TPSA) is 50.8 Å². The second-order valence-electron chi connectivity index (χ2n) is 6.08. The van der Waals surface area contributed by atoms with Crippen LogP contribution in [0, 0.1) is 5.41 Å². The molecule has 3 heterocycles. The molecule has 5 heteroatoms. The zero-order chi connectivity index (χ0) is 13.1. The van der Waals surface area contributed by atoms with E-state index >= 15 is 0 Å². The first-order valence-corrected chi connectivity index (χ1v) is 7.45. The van der Waals surface area contributed by atoms with Crippen LogP contribution in [0.2, 0.25) is 0 Å². The lowest BCUT2D eigenvalue weighted by Gasteiger charge is -2.33. The first kappa shape index (κ1) is 13.3. The molecule has 0 bridgehead atoms. The summed E-state index contributed by atoms with van der Waals surface area (Å²) in [4.78, 5) is 14.4. The van der Waals surface area contributed by atoms with Crippen molar-refractivity contribution < 1.29 is 14.3 Å². The number of amides is 1. The summed E-state index contributed by atoms with van der Waals surface area (Å²) in [6.45, 7) is 5.99. The molecule has 0 saturated carbocycles. The summed E-state index contributed by atoms with van der Waals surface area (Å²) in [7, 11) is 0. The summed E-state index contributed by atoms with van der Waals surface area (Å²) in [5.41, 5.74) is 0.347. The Kier molecular flexibility index (Phi) is 4.05. The van der Waals surface area contributed by atoms with Crippen molar-refractivity contribution in [3.8, 4) is 0 Å². The maximum absolute atomic E-state index is 12.3. The normalized spacial score (nSPS) is 30.7. The average Bonchev–Trinajstić information content (AvgIpc) is 2.85. The van der Waals surface area contributed by atoms with Crippen LogP contribution in [0.5, 0.6) is 0 Å². The van der Waals surface area contributed by atoms with E-state index < -0.39 is 0 Å². The molecule has 3 saturated heterocycles. The smallest absolute Gasteiger partial charge is 0.225 e. The largest absolute Gasteiger partial charge is 0.381 e. The van der Waals surface area contributed by atoms with Crippen LogP contribution in [0.15, 0.2) is 0 Å². The molecule has 5 nitrogen and oxygen atoms in total. The minimum absolute atomic E-state index is 0.0625. The Morgan fingerprint density at radius 2 is 2.11 bits per heavy atom. The minimum Gasteiger partial charge on any atom is -0.381 e. The monoisotopic (exact) mass is 268 g/mol. The minimum atomic E-state index is 0.0625. The zero-order valence-corrected chi connectivity index (χ0v) is 11.5. The fourth-order valence-corrected chi connectivity index (χ4v) is 3.44. The first-order valence-electron chi connectivity index (χ1n) is 7.45. The second-order valence-corrected chi connectivity index (χ2v) is 6.08. The fraction of sp³-hybridized carbons (Fsp3) is 0.929. The van der Waals surface area contributed by atoms with Gasteiger partial charge >= 0.3 is 0 Å². The Morgan fingerprint density at radius 3 is 2.84 bits per heavy atom. The van der Waals surface area contributed by atoms with E-state index in [2.05, 4.69) is 5.32 Å². The van der Waals surface area contributed by atoms with Crippen LogP contribution in [-0.2, 0) is 14.3 Å². The van der Waals surface area contributed by atoms with E-state index in [1.165, 1.54) is 0 Å². The molecular formula is C14H24N2O3. The van der Waals surface area contributed by atoms with Crippen molar-refractivity contribution in [1.82, 2.24) is 10.2 Å². The average molecular weight is 268 g/mol. The van der Waals surface area contributed by atoms with Crippen LogP contribution in [0.3, 0.4) is 0 Å². The van der Waals surface area contributed by atoms with Gasteiger partial charge in [0.2, 0.25) is 5.91 Å². The van der Waals surface area contributed by atoms with Crippen molar-refractivity contribution in [2.75, 3.05) is 46.0 Å². The molecular weight excluding hydrogens is 244 g/mol. The molecule has 108 valence electrons. The van der Waals surface area contributed by atoms with Crippen molar-refractivity contribution in [2.45, 2.75) is 31.8 Å². The summed E-state index contributed by atoms with van der Waals surface area (Å²) >= 11 is 0. The second kappa shape index (κ2) is 5.77. The number of carbonyl (C=O) groups is 1. The third kappa shape index (κ3) is 3.09. The maximum atomic E-state index is 12.3. The van der Waals surface area contributed by atoms with Gasteiger partial charge in [-0.3, -0.25) is 4.79 Å². The molecule has 1 spiro atoms. The highest BCUT2D eigenvalue weighted by Gasteiger charge is 2.41. The third-order valence-electron chi connectivity index (χ3n) is 4.75. The van der Waals surface area contributed by atoms with Crippen molar-refractivity contribution in [3.63, 3.8) is 0 Å². The summed E-state index contributed by atoms with van der Waals surface area (Å²) in [5, 5.41) is 3.28. The lowest BCUT2D eigenvalue weighted by molar-refractivity contribution is -0.134.